The highest BCUT2D eigenvalue weighted by Crippen LogP contribution is 2.32. The third-order valence-corrected chi connectivity index (χ3v) is 4.46. The second kappa shape index (κ2) is 7.37. The van der Waals surface area contributed by atoms with Gasteiger partial charge in [0.05, 0.1) is 31.1 Å². The molecule has 0 saturated carbocycles. The van der Waals surface area contributed by atoms with Crippen LogP contribution in [0, 0.1) is 0 Å². The molecule has 1 amide bonds. The smallest absolute Gasteiger partial charge is 0.275 e. The zero-order valence-electron chi connectivity index (χ0n) is 15.2. The lowest BCUT2D eigenvalue weighted by molar-refractivity contribution is -0.00908. The molecular formula is C17H25N5O3. The largest absolute Gasteiger partial charge is 0.383 e. The first-order valence-electron chi connectivity index (χ1n) is 8.49. The molecule has 0 saturated heterocycles. The van der Waals surface area contributed by atoms with Crippen molar-refractivity contribution in [1.82, 2.24) is 24.6 Å². The summed E-state index contributed by atoms with van der Waals surface area (Å²) >= 11 is 0. The third-order valence-electron chi connectivity index (χ3n) is 4.46. The van der Waals surface area contributed by atoms with Gasteiger partial charge < -0.3 is 19.4 Å². The molecule has 25 heavy (non-hydrogen) atoms. The second-order valence-electron chi connectivity index (χ2n) is 6.38. The maximum atomic E-state index is 13.2. The number of imidazole rings is 1. The zero-order valence-corrected chi connectivity index (χ0v) is 15.2. The molecule has 1 aliphatic rings. The van der Waals surface area contributed by atoms with Crippen molar-refractivity contribution in [3.63, 3.8) is 0 Å². The molecule has 1 aliphatic heterocycles. The molecule has 0 aromatic carbocycles. The van der Waals surface area contributed by atoms with Gasteiger partial charge in [-0.25, -0.2) is 4.98 Å². The monoisotopic (exact) mass is 347 g/mol. The fraction of sp³-hybridized carbons (Fsp3) is 0.588. The van der Waals surface area contributed by atoms with Gasteiger partial charge in [-0.1, -0.05) is 0 Å². The fourth-order valence-electron chi connectivity index (χ4n) is 3.38. The van der Waals surface area contributed by atoms with E-state index in [2.05, 4.69) is 15.1 Å². The van der Waals surface area contributed by atoms with E-state index in [1.54, 1.807) is 29.1 Å². The lowest BCUT2D eigenvalue weighted by atomic mass is 9.99. The highest BCUT2D eigenvalue weighted by Gasteiger charge is 2.33. The fourth-order valence-corrected chi connectivity index (χ4v) is 3.38. The minimum Gasteiger partial charge on any atom is -0.383 e. The number of H-pyrrole nitrogens is 1. The summed E-state index contributed by atoms with van der Waals surface area (Å²) in [5.74, 6) is 0.630. The van der Waals surface area contributed by atoms with Crippen molar-refractivity contribution >= 4 is 5.91 Å². The number of rotatable bonds is 6. The first kappa shape index (κ1) is 17.6. The van der Waals surface area contributed by atoms with E-state index in [-0.39, 0.29) is 18.1 Å². The van der Waals surface area contributed by atoms with Gasteiger partial charge in [0.1, 0.15) is 5.82 Å². The summed E-state index contributed by atoms with van der Waals surface area (Å²) in [6, 6.07) is 0. The van der Waals surface area contributed by atoms with Crippen LogP contribution in [0.2, 0.25) is 0 Å². The molecule has 1 N–H and O–H groups in total. The summed E-state index contributed by atoms with van der Waals surface area (Å²) in [5, 5.41) is 4.51. The summed E-state index contributed by atoms with van der Waals surface area (Å²) in [6.07, 6.45) is 4.11. The van der Waals surface area contributed by atoms with E-state index in [1.807, 2.05) is 20.9 Å². The SMILES string of the molecule is COCCN(Cc1ncc[nH]1)C(=O)c1nn(C)c2c1C[C@H](C)O[C@@H]2C. The third kappa shape index (κ3) is 3.59. The number of aromatic nitrogens is 4. The number of carbonyl (C=O) groups is 1. The van der Waals surface area contributed by atoms with Crippen LogP contribution < -0.4 is 0 Å². The highest BCUT2D eigenvalue weighted by atomic mass is 16.5. The summed E-state index contributed by atoms with van der Waals surface area (Å²) in [4.78, 5) is 22.2. The van der Waals surface area contributed by atoms with Crippen molar-refractivity contribution in [1.29, 1.82) is 0 Å². The van der Waals surface area contributed by atoms with Gasteiger partial charge in [0.15, 0.2) is 5.69 Å². The van der Waals surface area contributed by atoms with Crippen molar-refractivity contribution in [3.05, 3.63) is 35.2 Å². The molecule has 8 heteroatoms. The number of ether oxygens (including phenoxy) is 2. The number of hydrogen-bond acceptors (Lipinski definition) is 5. The Morgan fingerprint density at radius 3 is 3.00 bits per heavy atom. The zero-order chi connectivity index (χ0) is 18.0. The van der Waals surface area contributed by atoms with Crippen LogP contribution in [0.15, 0.2) is 12.4 Å². The van der Waals surface area contributed by atoms with Gasteiger partial charge in [0.25, 0.3) is 5.91 Å². The van der Waals surface area contributed by atoms with E-state index in [4.69, 9.17) is 9.47 Å². The minimum absolute atomic E-state index is 0.0655. The molecule has 2 aromatic heterocycles. The van der Waals surface area contributed by atoms with E-state index in [0.29, 0.717) is 31.8 Å². The lowest BCUT2D eigenvalue weighted by Crippen LogP contribution is -2.35. The Hall–Kier alpha value is -2.19. The molecular weight excluding hydrogens is 322 g/mol. The normalized spacial score (nSPS) is 19.7. The molecule has 0 spiro atoms. The van der Waals surface area contributed by atoms with Crippen LogP contribution in [0.4, 0.5) is 0 Å². The number of amides is 1. The average Bonchev–Trinajstić information content (AvgIpc) is 3.18. The van der Waals surface area contributed by atoms with Gasteiger partial charge in [-0.2, -0.15) is 5.10 Å². The molecule has 3 rings (SSSR count). The Balaban J connectivity index is 1.90. The van der Waals surface area contributed by atoms with E-state index < -0.39 is 0 Å². The van der Waals surface area contributed by atoms with Crippen LogP contribution >= 0.6 is 0 Å². The maximum absolute atomic E-state index is 13.2. The van der Waals surface area contributed by atoms with Gasteiger partial charge in [0.2, 0.25) is 0 Å². The highest BCUT2D eigenvalue weighted by molar-refractivity contribution is 5.94. The number of aromatic amines is 1. The van der Waals surface area contributed by atoms with E-state index in [1.165, 1.54) is 0 Å². The minimum atomic E-state index is -0.105. The molecule has 2 atom stereocenters. The molecule has 0 fully saturated rings. The van der Waals surface area contributed by atoms with Crippen molar-refractivity contribution in [2.45, 2.75) is 39.0 Å². The van der Waals surface area contributed by atoms with Crippen LogP contribution in [0.5, 0.6) is 0 Å². The second-order valence-corrected chi connectivity index (χ2v) is 6.38. The Morgan fingerprint density at radius 1 is 1.52 bits per heavy atom. The lowest BCUT2D eigenvalue weighted by Gasteiger charge is -2.27. The predicted octanol–water partition coefficient (Wildman–Crippen LogP) is 1.45. The number of aryl methyl sites for hydroxylation is 1. The van der Waals surface area contributed by atoms with Crippen LogP contribution in [-0.4, -0.2) is 56.9 Å². The van der Waals surface area contributed by atoms with Crippen molar-refractivity contribution < 1.29 is 14.3 Å². The van der Waals surface area contributed by atoms with Gasteiger partial charge >= 0.3 is 0 Å². The quantitative estimate of drug-likeness (QED) is 0.855. The molecule has 0 unspecified atom stereocenters. The number of methoxy groups -OCH3 is 1. The molecule has 2 aromatic rings. The summed E-state index contributed by atoms with van der Waals surface area (Å²) < 4.78 is 12.8. The molecule has 0 aliphatic carbocycles. The van der Waals surface area contributed by atoms with Crippen molar-refractivity contribution in [2.24, 2.45) is 7.05 Å². The van der Waals surface area contributed by atoms with Gasteiger partial charge in [0, 0.05) is 45.1 Å². The molecule has 8 nitrogen and oxygen atoms in total. The van der Waals surface area contributed by atoms with Crippen LogP contribution in [0.1, 0.15) is 47.5 Å². The standard InChI is InChI=1S/C17H25N5O3/c1-11-9-13-15(20-21(3)16(13)12(2)25-11)17(23)22(7-8-24-4)10-14-18-5-6-19-14/h5-6,11-12H,7-10H2,1-4H3,(H,18,19)/t11-,12+/m0/s1. The first-order chi connectivity index (χ1) is 12.0. The Labute approximate surface area is 147 Å². The summed E-state index contributed by atoms with van der Waals surface area (Å²) in [5.41, 5.74) is 2.47. The summed E-state index contributed by atoms with van der Waals surface area (Å²) in [7, 11) is 3.48. The Kier molecular flexibility index (Phi) is 5.19. The number of hydrogen-bond donors (Lipinski definition) is 1. The van der Waals surface area contributed by atoms with Crippen LogP contribution in [-0.2, 0) is 29.5 Å². The first-order valence-corrected chi connectivity index (χ1v) is 8.49. The predicted molar refractivity (Wildman–Crippen MR) is 91.1 cm³/mol. The maximum Gasteiger partial charge on any atom is 0.275 e. The number of nitrogens with one attached hydrogen (secondary N) is 1. The molecule has 0 bridgehead atoms. The van der Waals surface area contributed by atoms with Gasteiger partial charge in [-0.05, 0) is 13.8 Å². The Bertz CT molecular complexity index is 725. The van der Waals surface area contributed by atoms with Gasteiger partial charge in [-0.15, -0.1) is 0 Å². The van der Waals surface area contributed by atoms with Crippen molar-refractivity contribution in [2.75, 3.05) is 20.3 Å². The van der Waals surface area contributed by atoms with Crippen molar-refractivity contribution in [3.8, 4) is 0 Å². The Morgan fingerprint density at radius 2 is 2.32 bits per heavy atom. The summed E-state index contributed by atoms with van der Waals surface area (Å²) in [6.45, 7) is 5.34. The van der Waals surface area contributed by atoms with E-state index in [0.717, 1.165) is 17.1 Å². The van der Waals surface area contributed by atoms with E-state index in [9.17, 15) is 4.79 Å². The number of fused-ring (bicyclic) bond motifs is 1. The van der Waals surface area contributed by atoms with Crippen LogP contribution in [0.25, 0.3) is 0 Å². The molecule has 0 radical (unpaired) electrons. The molecule has 3 heterocycles. The number of carbonyl (C=O) groups excluding carboxylic acids is 1. The van der Waals surface area contributed by atoms with Gasteiger partial charge in [-0.3, -0.25) is 9.48 Å². The van der Waals surface area contributed by atoms with Crippen LogP contribution in [0.3, 0.4) is 0 Å². The number of nitrogens with zero attached hydrogens (tertiary/aromatic N) is 4. The molecule has 136 valence electrons. The average molecular weight is 347 g/mol. The van der Waals surface area contributed by atoms with E-state index >= 15 is 0 Å². The topological polar surface area (TPSA) is 85.3 Å².